The van der Waals surface area contributed by atoms with Crippen molar-refractivity contribution in [2.75, 3.05) is 47.4 Å². The number of para-hydroxylation sites is 1. The number of carbonyl (C=O) groups excluding carboxylic acids is 1. The lowest BCUT2D eigenvalue weighted by Gasteiger charge is -2.37. The van der Waals surface area contributed by atoms with Gasteiger partial charge >= 0.3 is 0 Å². The lowest BCUT2D eigenvalue weighted by molar-refractivity contribution is -0.129. The summed E-state index contributed by atoms with van der Waals surface area (Å²) in [6.45, 7) is 5.53. The van der Waals surface area contributed by atoms with E-state index in [1.807, 2.05) is 45.3 Å². The lowest BCUT2D eigenvalue weighted by Crippen LogP contribution is -2.53. The molecule has 2 atom stereocenters. The molecule has 134 valence electrons. The fourth-order valence-corrected chi connectivity index (χ4v) is 2.96. The van der Waals surface area contributed by atoms with Crippen molar-refractivity contribution in [3.05, 3.63) is 29.8 Å². The predicted octanol–water partition coefficient (Wildman–Crippen LogP) is 0.962. The molecule has 1 heterocycles. The number of nitrogens with zero attached hydrogens (tertiary/aromatic N) is 2. The number of nitrogens with one attached hydrogen (secondary N) is 1. The largest absolute Gasteiger partial charge is 0.496 e. The molecule has 0 radical (unpaired) electrons. The molecule has 2 rings (SSSR count). The first-order chi connectivity index (χ1) is 11.5. The van der Waals surface area contributed by atoms with Gasteiger partial charge in [0.05, 0.1) is 25.9 Å². The van der Waals surface area contributed by atoms with E-state index in [1.165, 1.54) is 0 Å². The van der Waals surface area contributed by atoms with Crippen LogP contribution in [0.5, 0.6) is 5.75 Å². The molecule has 0 saturated carbocycles. The van der Waals surface area contributed by atoms with Gasteiger partial charge in [-0.1, -0.05) is 18.2 Å². The van der Waals surface area contributed by atoms with Crippen LogP contribution in [0.4, 0.5) is 0 Å². The first kappa shape index (κ1) is 18.7. The van der Waals surface area contributed by atoms with Crippen molar-refractivity contribution in [1.29, 1.82) is 0 Å². The average Bonchev–Trinajstić information content (AvgIpc) is 2.58. The van der Waals surface area contributed by atoms with Crippen molar-refractivity contribution < 1.29 is 14.3 Å². The number of likely N-dealkylation sites (N-methyl/N-ethyl adjacent to an activating group) is 1. The zero-order valence-electron chi connectivity index (χ0n) is 15.1. The van der Waals surface area contributed by atoms with E-state index in [2.05, 4.69) is 15.1 Å². The SMILES string of the molecule is COc1ccccc1CNC(=O)[C@H](C)N1CCO[C@H](CN(C)C)C1. The number of hydrogen-bond acceptors (Lipinski definition) is 5. The average molecular weight is 335 g/mol. The highest BCUT2D eigenvalue weighted by Gasteiger charge is 2.28. The van der Waals surface area contributed by atoms with E-state index >= 15 is 0 Å². The van der Waals surface area contributed by atoms with Crippen molar-refractivity contribution in [2.24, 2.45) is 0 Å². The topological polar surface area (TPSA) is 54.0 Å². The summed E-state index contributed by atoms with van der Waals surface area (Å²) >= 11 is 0. The van der Waals surface area contributed by atoms with Crippen molar-refractivity contribution in [3.63, 3.8) is 0 Å². The van der Waals surface area contributed by atoms with Gasteiger partial charge in [0.25, 0.3) is 0 Å². The van der Waals surface area contributed by atoms with E-state index in [0.717, 1.165) is 30.9 Å². The van der Waals surface area contributed by atoms with Gasteiger partial charge in [0.15, 0.2) is 0 Å². The molecular weight excluding hydrogens is 306 g/mol. The van der Waals surface area contributed by atoms with Gasteiger partial charge in [-0.25, -0.2) is 0 Å². The summed E-state index contributed by atoms with van der Waals surface area (Å²) in [4.78, 5) is 16.8. The number of carbonyl (C=O) groups is 1. The molecule has 0 bridgehead atoms. The van der Waals surface area contributed by atoms with Crippen molar-refractivity contribution in [2.45, 2.75) is 25.6 Å². The van der Waals surface area contributed by atoms with Crippen LogP contribution in [0.2, 0.25) is 0 Å². The van der Waals surface area contributed by atoms with Gasteiger partial charge in [-0.3, -0.25) is 9.69 Å². The zero-order valence-corrected chi connectivity index (χ0v) is 15.1. The Labute approximate surface area is 144 Å². The molecule has 1 aromatic rings. The van der Waals surface area contributed by atoms with Gasteiger partial charge in [0.2, 0.25) is 5.91 Å². The highest BCUT2D eigenvalue weighted by Crippen LogP contribution is 2.17. The number of benzene rings is 1. The lowest BCUT2D eigenvalue weighted by atomic mass is 10.1. The minimum atomic E-state index is -0.173. The van der Waals surface area contributed by atoms with Gasteiger partial charge in [-0.2, -0.15) is 0 Å². The number of morpholine rings is 1. The molecule has 0 unspecified atom stereocenters. The predicted molar refractivity (Wildman–Crippen MR) is 94.2 cm³/mol. The van der Waals surface area contributed by atoms with Crippen molar-refractivity contribution >= 4 is 5.91 Å². The molecule has 0 aliphatic carbocycles. The minimum absolute atomic E-state index is 0.0337. The van der Waals surface area contributed by atoms with E-state index < -0.39 is 0 Å². The summed E-state index contributed by atoms with van der Waals surface area (Å²) in [5, 5.41) is 3.01. The van der Waals surface area contributed by atoms with Crippen molar-refractivity contribution in [3.8, 4) is 5.75 Å². The molecule has 1 amide bonds. The second-order valence-corrected chi connectivity index (χ2v) is 6.46. The molecule has 1 aliphatic rings. The van der Waals surface area contributed by atoms with Crippen molar-refractivity contribution in [1.82, 2.24) is 15.1 Å². The second-order valence-electron chi connectivity index (χ2n) is 6.46. The number of rotatable bonds is 7. The van der Waals surface area contributed by atoms with Crippen LogP contribution in [0, 0.1) is 0 Å². The molecule has 0 aromatic heterocycles. The smallest absolute Gasteiger partial charge is 0.237 e. The van der Waals surface area contributed by atoms with Gasteiger partial charge < -0.3 is 19.7 Å². The van der Waals surface area contributed by atoms with Crippen LogP contribution in [0.1, 0.15) is 12.5 Å². The Morgan fingerprint density at radius 3 is 2.92 bits per heavy atom. The Hall–Kier alpha value is -1.63. The second kappa shape index (κ2) is 9.01. The molecule has 1 aromatic carbocycles. The Kier molecular flexibility index (Phi) is 7.02. The van der Waals surface area contributed by atoms with E-state index in [4.69, 9.17) is 9.47 Å². The first-order valence-corrected chi connectivity index (χ1v) is 8.41. The molecule has 1 fully saturated rings. The van der Waals surface area contributed by atoms with Gasteiger partial charge in [-0.05, 0) is 27.1 Å². The monoisotopic (exact) mass is 335 g/mol. The molecule has 24 heavy (non-hydrogen) atoms. The van der Waals surface area contributed by atoms with Crippen LogP contribution in [-0.4, -0.2) is 75.3 Å². The normalized spacial score (nSPS) is 20.0. The molecule has 1 N–H and O–H groups in total. The van der Waals surface area contributed by atoms with Crippen LogP contribution in [0.15, 0.2) is 24.3 Å². The molecule has 1 saturated heterocycles. The van der Waals surface area contributed by atoms with Gasteiger partial charge in [0, 0.05) is 31.7 Å². The maximum absolute atomic E-state index is 12.5. The third-order valence-corrected chi connectivity index (χ3v) is 4.31. The maximum Gasteiger partial charge on any atom is 0.237 e. The van der Waals surface area contributed by atoms with Gasteiger partial charge in [0.1, 0.15) is 5.75 Å². The number of amides is 1. The quantitative estimate of drug-likeness (QED) is 0.804. The highest BCUT2D eigenvalue weighted by molar-refractivity contribution is 5.81. The third-order valence-electron chi connectivity index (χ3n) is 4.31. The maximum atomic E-state index is 12.5. The molecule has 6 heteroatoms. The van der Waals surface area contributed by atoms with E-state index in [9.17, 15) is 4.79 Å². The molecule has 0 spiro atoms. The molecule has 6 nitrogen and oxygen atoms in total. The van der Waals surface area contributed by atoms with Crippen LogP contribution in [-0.2, 0) is 16.1 Å². The Morgan fingerprint density at radius 1 is 1.46 bits per heavy atom. The standard InChI is InChI=1S/C18H29N3O3/c1-14(21-9-10-24-16(13-21)12-20(2)3)18(22)19-11-15-7-5-6-8-17(15)23-4/h5-8,14,16H,9-13H2,1-4H3,(H,19,22)/t14-,16+/m0/s1. The third kappa shape index (κ3) is 5.19. The molecule has 1 aliphatic heterocycles. The minimum Gasteiger partial charge on any atom is -0.496 e. The summed E-state index contributed by atoms with van der Waals surface area (Å²) < 4.78 is 11.1. The number of methoxy groups -OCH3 is 1. The number of hydrogen-bond donors (Lipinski definition) is 1. The van der Waals surface area contributed by atoms with E-state index in [1.54, 1.807) is 7.11 Å². The van der Waals surface area contributed by atoms with E-state index in [-0.39, 0.29) is 18.1 Å². The molecular formula is C18H29N3O3. The van der Waals surface area contributed by atoms with Crippen LogP contribution >= 0.6 is 0 Å². The summed E-state index contributed by atoms with van der Waals surface area (Å²) in [6.07, 6.45) is 0.151. The highest BCUT2D eigenvalue weighted by atomic mass is 16.5. The first-order valence-electron chi connectivity index (χ1n) is 8.41. The number of ether oxygens (including phenoxy) is 2. The zero-order chi connectivity index (χ0) is 17.5. The summed E-state index contributed by atoms with van der Waals surface area (Å²) in [7, 11) is 5.71. The van der Waals surface area contributed by atoms with Crippen LogP contribution in [0.25, 0.3) is 0 Å². The Morgan fingerprint density at radius 2 is 2.21 bits per heavy atom. The Bertz CT molecular complexity index is 536. The summed E-state index contributed by atoms with van der Waals surface area (Å²) in [5.74, 6) is 0.828. The fraction of sp³-hybridized carbons (Fsp3) is 0.611. The Balaban J connectivity index is 1.87. The van der Waals surface area contributed by atoms with E-state index in [0.29, 0.717) is 13.2 Å². The van der Waals surface area contributed by atoms with Gasteiger partial charge in [-0.15, -0.1) is 0 Å². The van der Waals surface area contributed by atoms with Crippen LogP contribution < -0.4 is 10.1 Å². The summed E-state index contributed by atoms with van der Waals surface area (Å²) in [5.41, 5.74) is 0.980. The van der Waals surface area contributed by atoms with Crippen LogP contribution in [0.3, 0.4) is 0 Å². The fourth-order valence-electron chi connectivity index (χ4n) is 2.96. The summed E-state index contributed by atoms with van der Waals surface area (Å²) in [6, 6.07) is 7.56.